The summed E-state index contributed by atoms with van der Waals surface area (Å²) in [4.78, 5) is 11.8. The van der Waals surface area contributed by atoms with Gasteiger partial charge in [0.2, 0.25) is 5.91 Å². The molecule has 98 valence electrons. The van der Waals surface area contributed by atoms with Crippen LogP contribution in [0, 0.1) is 6.92 Å². The fourth-order valence-corrected chi connectivity index (χ4v) is 1.52. The summed E-state index contributed by atoms with van der Waals surface area (Å²) in [5, 5.41) is 2.77. The summed E-state index contributed by atoms with van der Waals surface area (Å²) >= 11 is 0. The maximum Gasteiger partial charge on any atom is 0.241 e. The average molecular weight is 248 g/mol. The molecule has 4 heteroatoms. The van der Waals surface area contributed by atoms with Gasteiger partial charge in [-0.3, -0.25) is 4.79 Å². The lowest BCUT2D eigenvalue weighted by molar-refractivity contribution is -0.117. The van der Waals surface area contributed by atoms with Gasteiger partial charge < -0.3 is 15.8 Å². The second-order valence-corrected chi connectivity index (χ2v) is 4.05. The first-order valence-corrected chi connectivity index (χ1v) is 5.99. The molecule has 0 aliphatic heterocycles. The highest BCUT2D eigenvalue weighted by Gasteiger charge is 2.14. The number of nitrogens with two attached hydrogens (primary N) is 1. The minimum absolute atomic E-state index is 0.236. The molecule has 1 rings (SSSR count). The summed E-state index contributed by atoms with van der Waals surface area (Å²) < 4.78 is 5.48. The van der Waals surface area contributed by atoms with Crippen molar-refractivity contribution < 1.29 is 9.53 Å². The molecule has 1 aromatic carbocycles. The van der Waals surface area contributed by atoms with E-state index in [-0.39, 0.29) is 5.91 Å². The van der Waals surface area contributed by atoms with Crippen LogP contribution in [0.4, 0.5) is 5.69 Å². The maximum absolute atomic E-state index is 11.8. The molecule has 0 aliphatic rings. The first-order chi connectivity index (χ1) is 8.58. The van der Waals surface area contributed by atoms with Crippen LogP contribution in [0.3, 0.4) is 0 Å². The zero-order valence-electron chi connectivity index (χ0n) is 10.9. The average Bonchev–Trinajstić information content (AvgIpc) is 2.33. The smallest absolute Gasteiger partial charge is 0.241 e. The number of carbonyl (C=O) groups is 1. The highest BCUT2D eigenvalue weighted by Crippen LogP contribution is 2.25. The first kappa shape index (κ1) is 14.3. The normalized spacial score (nSPS) is 11.7. The number of ether oxygens (including phenoxy) is 1. The molecule has 1 unspecified atom stereocenters. The third-order valence-corrected chi connectivity index (χ3v) is 2.45. The van der Waals surface area contributed by atoms with Gasteiger partial charge in [0.25, 0.3) is 0 Å². The fraction of sp³-hybridized carbons (Fsp3) is 0.357. The summed E-state index contributed by atoms with van der Waals surface area (Å²) in [6.45, 7) is 7.98. The summed E-state index contributed by atoms with van der Waals surface area (Å²) in [6.07, 6.45) is 2.07. The standard InChI is InChI=1S/C14H20N2O2/c1-4-6-11(15)14(17)16-12-8-7-10(3)9-13(12)18-5-2/h4,7-9,11H,1,5-6,15H2,2-3H3,(H,16,17). The summed E-state index contributed by atoms with van der Waals surface area (Å²) in [5.41, 5.74) is 7.43. The molecule has 18 heavy (non-hydrogen) atoms. The van der Waals surface area contributed by atoms with Gasteiger partial charge >= 0.3 is 0 Å². The Morgan fingerprint density at radius 3 is 2.94 bits per heavy atom. The fourth-order valence-electron chi connectivity index (χ4n) is 1.52. The van der Waals surface area contributed by atoms with Crippen molar-refractivity contribution in [2.45, 2.75) is 26.3 Å². The van der Waals surface area contributed by atoms with E-state index in [1.807, 2.05) is 32.0 Å². The number of aryl methyl sites for hydroxylation is 1. The predicted molar refractivity (Wildman–Crippen MR) is 73.8 cm³/mol. The Bertz CT molecular complexity index is 430. The van der Waals surface area contributed by atoms with Gasteiger partial charge in [-0.25, -0.2) is 0 Å². The Morgan fingerprint density at radius 1 is 1.61 bits per heavy atom. The number of hydrogen-bond acceptors (Lipinski definition) is 3. The Hall–Kier alpha value is -1.81. The molecule has 0 bridgehead atoms. The quantitative estimate of drug-likeness (QED) is 0.759. The van der Waals surface area contributed by atoms with Crippen LogP contribution in [0.25, 0.3) is 0 Å². The molecule has 0 spiro atoms. The van der Waals surface area contributed by atoms with Crippen LogP contribution in [0.2, 0.25) is 0 Å². The van der Waals surface area contributed by atoms with Crippen LogP contribution >= 0.6 is 0 Å². The van der Waals surface area contributed by atoms with E-state index in [0.717, 1.165) is 5.56 Å². The molecule has 0 radical (unpaired) electrons. The predicted octanol–water partition coefficient (Wildman–Crippen LogP) is 2.24. The molecule has 0 aromatic heterocycles. The Morgan fingerprint density at radius 2 is 2.33 bits per heavy atom. The molecule has 1 amide bonds. The minimum atomic E-state index is -0.585. The number of rotatable bonds is 6. The zero-order valence-corrected chi connectivity index (χ0v) is 10.9. The molecule has 1 atom stereocenters. The molecular weight excluding hydrogens is 228 g/mol. The second kappa shape index (κ2) is 6.81. The lowest BCUT2D eigenvalue weighted by Gasteiger charge is -2.14. The van der Waals surface area contributed by atoms with Gasteiger partial charge in [-0.1, -0.05) is 12.1 Å². The molecular formula is C14H20N2O2. The molecule has 4 nitrogen and oxygen atoms in total. The van der Waals surface area contributed by atoms with Gasteiger partial charge in [0, 0.05) is 0 Å². The Balaban J connectivity index is 2.82. The van der Waals surface area contributed by atoms with Crippen LogP contribution in [0.1, 0.15) is 18.9 Å². The van der Waals surface area contributed by atoms with Crippen molar-refractivity contribution >= 4 is 11.6 Å². The highest BCUT2D eigenvalue weighted by molar-refractivity contribution is 5.96. The molecule has 0 saturated carbocycles. The Labute approximate surface area is 108 Å². The summed E-state index contributed by atoms with van der Waals surface area (Å²) in [6, 6.07) is 5.03. The van der Waals surface area contributed by atoms with E-state index < -0.39 is 6.04 Å². The SMILES string of the molecule is C=CCC(N)C(=O)Nc1ccc(C)cc1OCC. The van der Waals surface area contributed by atoms with Gasteiger partial charge in [-0.05, 0) is 38.0 Å². The van der Waals surface area contributed by atoms with Crippen LogP contribution in [0.5, 0.6) is 5.75 Å². The van der Waals surface area contributed by atoms with Crippen molar-refractivity contribution in [2.24, 2.45) is 5.73 Å². The van der Waals surface area contributed by atoms with Gasteiger partial charge in [-0.2, -0.15) is 0 Å². The third kappa shape index (κ3) is 3.89. The van der Waals surface area contributed by atoms with Crippen LogP contribution in [-0.2, 0) is 4.79 Å². The van der Waals surface area contributed by atoms with Crippen LogP contribution in [0.15, 0.2) is 30.9 Å². The highest BCUT2D eigenvalue weighted by atomic mass is 16.5. The van der Waals surface area contributed by atoms with Gasteiger partial charge in [0.05, 0.1) is 18.3 Å². The lowest BCUT2D eigenvalue weighted by Crippen LogP contribution is -2.35. The topological polar surface area (TPSA) is 64.4 Å². The largest absolute Gasteiger partial charge is 0.492 e. The van der Waals surface area contributed by atoms with Crippen molar-refractivity contribution in [2.75, 3.05) is 11.9 Å². The van der Waals surface area contributed by atoms with E-state index in [9.17, 15) is 4.79 Å². The van der Waals surface area contributed by atoms with Crippen LogP contribution < -0.4 is 15.8 Å². The van der Waals surface area contributed by atoms with Crippen molar-refractivity contribution in [3.8, 4) is 5.75 Å². The molecule has 0 fully saturated rings. The number of amides is 1. The summed E-state index contributed by atoms with van der Waals surface area (Å²) in [5.74, 6) is 0.427. The lowest BCUT2D eigenvalue weighted by atomic mass is 10.1. The van der Waals surface area contributed by atoms with Gasteiger partial charge in [0.1, 0.15) is 5.75 Å². The van der Waals surface area contributed by atoms with E-state index >= 15 is 0 Å². The van der Waals surface area contributed by atoms with Gasteiger partial charge in [-0.15, -0.1) is 6.58 Å². The van der Waals surface area contributed by atoms with E-state index in [2.05, 4.69) is 11.9 Å². The number of anilines is 1. The number of hydrogen-bond donors (Lipinski definition) is 2. The zero-order chi connectivity index (χ0) is 13.5. The second-order valence-electron chi connectivity index (χ2n) is 4.05. The molecule has 0 saturated heterocycles. The Kier molecular flexibility index (Phi) is 5.39. The van der Waals surface area contributed by atoms with E-state index in [1.54, 1.807) is 6.08 Å². The van der Waals surface area contributed by atoms with Crippen molar-refractivity contribution in [3.05, 3.63) is 36.4 Å². The number of nitrogens with one attached hydrogen (secondary N) is 1. The molecule has 0 aliphatic carbocycles. The number of carbonyl (C=O) groups excluding carboxylic acids is 1. The third-order valence-electron chi connectivity index (χ3n) is 2.45. The number of benzene rings is 1. The van der Waals surface area contributed by atoms with Crippen molar-refractivity contribution in [1.29, 1.82) is 0 Å². The van der Waals surface area contributed by atoms with Crippen LogP contribution in [-0.4, -0.2) is 18.6 Å². The van der Waals surface area contributed by atoms with Crippen molar-refractivity contribution in [3.63, 3.8) is 0 Å². The monoisotopic (exact) mass is 248 g/mol. The first-order valence-electron chi connectivity index (χ1n) is 5.99. The van der Waals surface area contributed by atoms with Gasteiger partial charge in [0.15, 0.2) is 0 Å². The van der Waals surface area contributed by atoms with Crippen molar-refractivity contribution in [1.82, 2.24) is 0 Å². The van der Waals surface area contributed by atoms with E-state index in [1.165, 1.54) is 0 Å². The maximum atomic E-state index is 11.8. The molecule has 3 N–H and O–H groups in total. The molecule has 1 aromatic rings. The minimum Gasteiger partial charge on any atom is -0.492 e. The van der Waals surface area contributed by atoms with E-state index in [4.69, 9.17) is 10.5 Å². The summed E-state index contributed by atoms with van der Waals surface area (Å²) in [7, 11) is 0. The van der Waals surface area contributed by atoms with E-state index in [0.29, 0.717) is 24.5 Å². The molecule has 0 heterocycles.